The van der Waals surface area contributed by atoms with Gasteiger partial charge in [0.15, 0.2) is 0 Å². The Balaban J connectivity index is 0.000000331. The van der Waals surface area contributed by atoms with Crippen molar-refractivity contribution in [3.8, 4) is 22.3 Å². The fraction of sp³-hybridized carbons (Fsp3) is 0.385. The molecule has 0 nitrogen and oxygen atoms in total. The SMILES string of the molecule is CC(C)c1ccc(-c2cccc3[cH-]c(CC4CCCC4)cc23)cc1.CC(C)c1ccc(-c2cccc3[cH-]c(CC4CCCC4)cc23)cc1.Cl.Cl.[CH2-]CC.[CH3-].[Si]=[Zr]. The van der Waals surface area contributed by atoms with Crippen LogP contribution in [0, 0.1) is 26.2 Å². The maximum absolute atomic E-state index is 3.49. The van der Waals surface area contributed by atoms with Crippen molar-refractivity contribution >= 4 is 53.2 Å². The molecule has 0 amide bonds. The van der Waals surface area contributed by atoms with Crippen molar-refractivity contribution in [2.75, 3.05) is 0 Å². The molecule has 0 heterocycles. The zero-order chi connectivity index (χ0) is 37.7. The minimum atomic E-state index is 0. The summed E-state index contributed by atoms with van der Waals surface area (Å²) in [5.41, 5.74) is 11.3. The van der Waals surface area contributed by atoms with Gasteiger partial charge in [-0.05, 0) is 58.8 Å². The molecule has 2 fully saturated rings. The summed E-state index contributed by atoms with van der Waals surface area (Å²) >= 11 is 1.36. The predicted octanol–water partition coefficient (Wildman–Crippen LogP) is 16.3. The van der Waals surface area contributed by atoms with E-state index in [1.165, 1.54) is 154 Å². The van der Waals surface area contributed by atoms with Gasteiger partial charge in [-0.25, -0.2) is 0 Å². The number of hydrogen-bond acceptors (Lipinski definition) is 0. The molecule has 0 unspecified atom stereocenters. The molecule has 0 aromatic heterocycles. The first-order valence-electron chi connectivity index (χ1n) is 20.4. The van der Waals surface area contributed by atoms with Crippen LogP contribution in [0.15, 0.2) is 109 Å². The van der Waals surface area contributed by atoms with E-state index in [1.54, 1.807) is 0 Å². The molecule has 0 N–H and O–H groups in total. The average molecular weight is 881 g/mol. The molecule has 0 bridgehead atoms. The first-order chi connectivity index (χ1) is 25.8. The van der Waals surface area contributed by atoms with Crippen molar-refractivity contribution in [2.45, 2.75) is 117 Å². The standard InChI is InChI=1S/2C24H27.C3H7.CH3.2ClH.Si.Zr/c2*1-17(2)20-10-12-21(13-11-20)23-9-5-8-22-15-19(16-24(22)23)14-18-6-3-4-7-18;1-3-2;;;;;/h2*5,8-13,15-18H,3-4,6-7,14H2,1-2H3;1,3H2,2H3;1H3;2*1H;;/q4*-1;;;;. The molecule has 56 heavy (non-hydrogen) atoms. The number of halogens is 2. The maximum atomic E-state index is 3.49. The topological polar surface area (TPSA) is 0 Å². The van der Waals surface area contributed by atoms with Crippen molar-refractivity contribution in [3.63, 3.8) is 0 Å². The van der Waals surface area contributed by atoms with E-state index in [1.807, 2.05) is 6.92 Å². The summed E-state index contributed by atoms with van der Waals surface area (Å²) in [7, 11) is 0. The van der Waals surface area contributed by atoms with Crippen LogP contribution in [0.25, 0.3) is 43.8 Å². The van der Waals surface area contributed by atoms with Gasteiger partial charge in [0.25, 0.3) is 0 Å². The summed E-state index contributed by atoms with van der Waals surface area (Å²) in [6.45, 7) is 17.6. The summed E-state index contributed by atoms with van der Waals surface area (Å²) in [4.78, 5) is 0. The van der Waals surface area contributed by atoms with Crippen molar-refractivity contribution in [1.82, 2.24) is 0 Å². The van der Waals surface area contributed by atoms with Crippen LogP contribution in [0.3, 0.4) is 0 Å². The summed E-state index contributed by atoms with van der Waals surface area (Å²) in [6.07, 6.45) is 14.9. The average Bonchev–Trinajstić information content (AvgIpc) is 4.01. The Morgan fingerprint density at radius 3 is 1.21 bits per heavy atom. The fourth-order valence-corrected chi connectivity index (χ4v) is 8.52. The first kappa shape index (κ1) is 49.9. The zero-order valence-corrected chi connectivity index (χ0v) is 40.1. The predicted molar refractivity (Wildman–Crippen MR) is 252 cm³/mol. The van der Waals surface area contributed by atoms with Gasteiger partial charge in [-0.2, -0.15) is 18.6 Å². The zero-order valence-electron chi connectivity index (χ0n) is 35.0. The first-order valence-corrected chi connectivity index (χ1v) is 24.6. The number of hydrogen-bond donors (Lipinski definition) is 0. The van der Waals surface area contributed by atoms with Gasteiger partial charge >= 0.3 is 30.2 Å². The summed E-state index contributed by atoms with van der Waals surface area (Å²) in [5.74, 6) is 3.00. The molecule has 0 saturated heterocycles. The van der Waals surface area contributed by atoms with Crippen molar-refractivity contribution in [1.29, 1.82) is 0 Å². The Labute approximate surface area is 370 Å². The summed E-state index contributed by atoms with van der Waals surface area (Å²) < 4.78 is 0. The van der Waals surface area contributed by atoms with Gasteiger partial charge in [0.2, 0.25) is 0 Å². The molecule has 0 aliphatic heterocycles. The van der Waals surface area contributed by atoms with Gasteiger partial charge in [-0.15, -0.1) is 93.9 Å². The molecule has 2 saturated carbocycles. The van der Waals surface area contributed by atoms with Crippen molar-refractivity contribution < 1.29 is 23.3 Å². The molecule has 300 valence electrons. The Bertz CT molecular complexity index is 1830. The third-order valence-electron chi connectivity index (χ3n) is 11.4. The van der Waals surface area contributed by atoms with Crippen LogP contribution in [0.2, 0.25) is 0 Å². The van der Waals surface area contributed by atoms with E-state index in [0.29, 0.717) is 11.8 Å². The van der Waals surface area contributed by atoms with E-state index >= 15 is 0 Å². The van der Waals surface area contributed by atoms with Gasteiger partial charge in [-0.1, -0.05) is 158 Å². The van der Waals surface area contributed by atoms with Gasteiger partial charge in [0, 0.05) is 0 Å². The Hall–Kier alpha value is -2.22. The quantitative estimate of drug-likeness (QED) is 0.106. The molecule has 2 aliphatic carbocycles. The fourth-order valence-electron chi connectivity index (χ4n) is 8.52. The molecular formula is C52H66Cl2SiZr-4. The Morgan fingerprint density at radius 1 is 0.589 bits per heavy atom. The molecule has 6 aromatic rings. The molecule has 8 rings (SSSR count). The second kappa shape index (κ2) is 25.3. The van der Waals surface area contributed by atoms with Crippen LogP contribution in [0.4, 0.5) is 0 Å². The number of fused-ring (bicyclic) bond motifs is 2. The van der Waals surface area contributed by atoms with Crippen LogP contribution < -0.4 is 0 Å². The van der Waals surface area contributed by atoms with E-state index in [2.05, 4.69) is 151 Å². The third kappa shape index (κ3) is 13.4. The summed E-state index contributed by atoms with van der Waals surface area (Å²) in [5, 5.41) is 5.63. The minimum absolute atomic E-state index is 0. The summed E-state index contributed by atoms with van der Waals surface area (Å²) in [6, 6.07) is 41.4. The van der Waals surface area contributed by atoms with Gasteiger partial charge in [-0.3, -0.25) is 0 Å². The second-order valence-electron chi connectivity index (χ2n) is 16.1. The molecule has 0 atom stereocenters. The molecule has 4 heteroatoms. The van der Waals surface area contributed by atoms with Crippen LogP contribution in [-0.4, -0.2) is 6.88 Å². The second-order valence-corrected chi connectivity index (χ2v) is 16.1. The van der Waals surface area contributed by atoms with Crippen LogP contribution >= 0.6 is 24.8 Å². The van der Waals surface area contributed by atoms with Gasteiger partial charge < -0.3 is 14.4 Å². The van der Waals surface area contributed by atoms with Gasteiger partial charge in [0.1, 0.15) is 0 Å². The van der Waals surface area contributed by atoms with Crippen LogP contribution in [0.1, 0.15) is 126 Å². The van der Waals surface area contributed by atoms with Crippen LogP contribution in [0.5, 0.6) is 0 Å². The van der Waals surface area contributed by atoms with E-state index in [4.69, 9.17) is 0 Å². The molecule has 0 spiro atoms. The third-order valence-corrected chi connectivity index (χ3v) is 11.4. The Kier molecular flexibility index (Phi) is 22.6. The van der Waals surface area contributed by atoms with Crippen molar-refractivity contribution in [2.24, 2.45) is 11.8 Å². The number of benzene rings is 4. The van der Waals surface area contributed by atoms with E-state index in [0.717, 1.165) is 18.3 Å². The molecular weight excluding hydrogens is 815 g/mol. The molecule has 2 radical (unpaired) electrons. The normalized spacial score (nSPS) is 13.8. The van der Waals surface area contributed by atoms with E-state index in [9.17, 15) is 0 Å². The van der Waals surface area contributed by atoms with Crippen molar-refractivity contribution in [3.05, 3.63) is 146 Å². The Morgan fingerprint density at radius 2 is 0.911 bits per heavy atom. The monoisotopic (exact) mass is 878 g/mol. The van der Waals surface area contributed by atoms with Crippen LogP contribution in [-0.2, 0) is 36.2 Å². The number of rotatable bonds is 8. The molecule has 2 aliphatic rings. The van der Waals surface area contributed by atoms with E-state index < -0.39 is 0 Å². The van der Waals surface area contributed by atoms with Gasteiger partial charge in [0.05, 0.1) is 0 Å². The van der Waals surface area contributed by atoms with E-state index in [-0.39, 0.29) is 32.2 Å². The molecule has 6 aromatic carbocycles.